The fraction of sp³-hybridized carbons (Fsp3) is 0.320. The van der Waals surface area contributed by atoms with Gasteiger partial charge in [-0.2, -0.15) is 11.3 Å². The Bertz CT molecular complexity index is 1130. The van der Waals surface area contributed by atoms with Gasteiger partial charge >= 0.3 is 0 Å². The van der Waals surface area contributed by atoms with Gasteiger partial charge in [-0.05, 0) is 47.5 Å². The van der Waals surface area contributed by atoms with Crippen molar-refractivity contribution in [3.05, 3.63) is 81.9 Å². The molecule has 1 atom stereocenters. The van der Waals surface area contributed by atoms with E-state index in [0.29, 0.717) is 44.5 Å². The van der Waals surface area contributed by atoms with E-state index < -0.39 is 6.04 Å². The summed E-state index contributed by atoms with van der Waals surface area (Å²) in [6.45, 7) is 1.47. The second-order valence-electron chi connectivity index (χ2n) is 8.48. The molecule has 1 fully saturated rings. The number of rotatable bonds is 4. The molecular weight excluding hydrogens is 438 g/mol. The molecule has 1 saturated heterocycles. The van der Waals surface area contributed by atoms with Gasteiger partial charge in [-0.15, -0.1) is 0 Å². The summed E-state index contributed by atoms with van der Waals surface area (Å²) >= 11 is 1.49. The van der Waals surface area contributed by atoms with E-state index in [4.69, 9.17) is 4.42 Å². The zero-order valence-corrected chi connectivity index (χ0v) is 18.9. The Labute approximate surface area is 196 Å². The molecule has 7 nitrogen and oxygen atoms in total. The number of carbonyl (C=O) groups is 3. The SMILES string of the molecule is O=C(NC1CCN(C(=O)C2Cc3ccccc3CN2C(=O)c2ccco2)CC1)c1ccsc1. The Kier molecular flexibility index (Phi) is 6.00. The van der Waals surface area contributed by atoms with Crippen molar-refractivity contribution in [2.45, 2.75) is 37.9 Å². The van der Waals surface area contributed by atoms with Crippen LogP contribution in [0.25, 0.3) is 0 Å². The number of nitrogens with zero attached hydrogens (tertiary/aromatic N) is 2. The van der Waals surface area contributed by atoms with Crippen molar-refractivity contribution < 1.29 is 18.8 Å². The Balaban J connectivity index is 1.28. The van der Waals surface area contributed by atoms with Gasteiger partial charge in [0.2, 0.25) is 5.91 Å². The van der Waals surface area contributed by atoms with Crippen LogP contribution in [0.5, 0.6) is 0 Å². The number of piperidine rings is 1. The molecule has 8 heteroatoms. The maximum absolute atomic E-state index is 13.6. The Morgan fingerprint density at radius 2 is 1.79 bits per heavy atom. The standard InChI is InChI=1S/C25H25N3O4S/c29-23(19-9-13-33-16-19)26-20-7-10-27(11-8-20)24(30)21-14-17-4-1-2-5-18(17)15-28(21)25(31)22-6-3-12-32-22/h1-6,9,12-13,16,20-21H,7-8,10-11,14-15H2,(H,26,29). The number of nitrogens with one attached hydrogen (secondary N) is 1. The maximum atomic E-state index is 13.6. The van der Waals surface area contributed by atoms with E-state index in [0.717, 1.165) is 11.1 Å². The van der Waals surface area contributed by atoms with E-state index in [1.165, 1.54) is 17.6 Å². The molecule has 33 heavy (non-hydrogen) atoms. The second kappa shape index (κ2) is 9.23. The highest BCUT2D eigenvalue weighted by atomic mass is 32.1. The van der Waals surface area contributed by atoms with Crippen LogP contribution in [0.4, 0.5) is 0 Å². The number of amides is 3. The third kappa shape index (κ3) is 4.43. The van der Waals surface area contributed by atoms with Crippen LogP contribution in [-0.2, 0) is 17.8 Å². The zero-order chi connectivity index (χ0) is 22.8. The van der Waals surface area contributed by atoms with Gasteiger partial charge in [-0.3, -0.25) is 14.4 Å². The lowest BCUT2D eigenvalue weighted by molar-refractivity contribution is -0.137. The average molecular weight is 464 g/mol. The molecule has 2 aliphatic rings. The molecule has 0 saturated carbocycles. The number of thiophene rings is 1. The minimum Gasteiger partial charge on any atom is -0.459 e. The van der Waals surface area contributed by atoms with E-state index in [1.54, 1.807) is 17.0 Å². The molecule has 2 aliphatic heterocycles. The number of likely N-dealkylation sites (tertiary alicyclic amines) is 1. The topological polar surface area (TPSA) is 82.9 Å². The maximum Gasteiger partial charge on any atom is 0.290 e. The Morgan fingerprint density at radius 1 is 1.00 bits per heavy atom. The van der Waals surface area contributed by atoms with Crippen LogP contribution < -0.4 is 5.32 Å². The molecule has 5 rings (SSSR count). The van der Waals surface area contributed by atoms with Crippen molar-refractivity contribution in [1.82, 2.24) is 15.1 Å². The summed E-state index contributed by atoms with van der Waals surface area (Å²) in [5.74, 6) is -0.153. The van der Waals surface area contributed by atoms with Crippen LogP contribution in [-0.4, -0.2) is 52.7 Å². The normalized spacial score (nSPS) is 18.6. The van der Waals surface area contributed by atoms with Gasteiger partial charge in [-0.1, -0.05) is 24.3 Å². The lowest BCUT2D eigenvalue weighted by Gasteiger charge is -2.40. The second-order valence-corrected chi connectivity index (χ2v) is 9.26. The highest BCUT2D eigenvalue weighted by Crippen LogP contribution is 2.27. The predicted molar refractivity (Wildman–Crippen MR) is 124 cm³/mol. The molecule has 0 aliphatic carbocycles. The molecule has 170 valence electrons. The van der Waals surface area contributed by atoms with Gasteiger partial charge in [0.05, 0.1) is 6.26 Å². The van der Waals surface area contributed by atoms with E-state index >= 15 is 0 Å². The smallest absolute Gasteiger partial charge is 0.290 e. The van der Waals surface area contributed by atoms with Gasteiger partial charge in [0, 0.05) is 43.0 Å². The molecule has 1 N–H and O–H groups in total. The molecule has 3 amide bonds. The fourth-order valence-electron chi connectivity index (χ4n) is 4.62. The highest BCUT2D eigenvalue weighted by molar-refractivity contribution is 7.08. The molecule has 0 bridgehead atoms. The van der Waals surface area contributed by atoms with E-state index in [1.807, 2.05) is 46.0 Å². The predicted octanol–water partition coefficient (Wildman–Crippen LogP) is 3.33. The number of hydrogen-bond acceptors (Lipinski definition) is 5. The number of furan rings is 1. The summed E-state index contributed by atoms with van der Waals surface area (Å²) in [4.78, 5) is 42.6. The van der Waals surface area contributed by atoms with Crippen LogP contribution in [0.15, 0.2) is 63.9 Å². The van der Waals surface area contributed by atoms with Crippen LogP contribution in [0.1, 0.15) is 44.9 Å². The molecule has 1 unspecified atom stereocenters. The summed E-state index contributed by atoms with van der Waals surface area (Å²) in [5.41, 5.74) is 2.82. The third-order valence-corrected chi connectivity index (χ3v) is 7.13. The summed E-state index contributed by atoms with van der Waals surface area (Å²) in [5, 5.41) is 6.79. The quantitative estimate of drug-likeness (QED) is 0.644. The van der Waals surface area contributed by atoms with Gasteiger partial charge in [-0.25, -0.2) is 0 Å². The molecule has 4 heterocycles. The summed E-state index contributed by atoms with van der Waals surface area (Å²) in [6.07, 6.45) is 3.33. The minimum absolute atomic E-state index is 0.0365. The van der Waals surface area contributed by atoms with E-state index in [2.05, 4.69) is 5.32 Å². The van der Waals surface area contributed by atoms with E-state index in [-0.39, 0.29) is 29.5 Å². The lowest BCUT2D eigenvalue weighted by atomic mass is 9.92. The number of benzene rings is 1. The molecule has 0 radical (unpaired) electrons. The van der Waals surface area contributed by atoms with Crippen LogP contribution in [0.3, 0.4) is 0 Å². The molecule has 2 aromatic heterocycles. The summed E-state index contributed by atoms with van der Waals surface area (Å²) in [7, 11) is 0. The van der Waals surface area contributed by atoms with Crippen LogP contribution >= 0.6 is 11.3 Å². The Morgan fingerprint density at radius 3 is 2.48 bits per heavy atom. The fourth-order valence-corrected chi connectivity index (χ4v) is 5.25. The van der Waals surface area contributed by atoms with Crippen molar-refractivity contribution >= 4 is 29.1 Å². The first-order valence-corrected chi connectivity index (χ1v) is 12.1. The minimum atomic E-state index is -0.575. The van der Waals surface area contributed by atoms with Crippen LogP contribution in [0.2, 0.25) is 0 Å². The van der Waals surface area contributed by atoms with Gasteiger partial charge < -0.3 is 19.5 Å². The first kappa shape index (κ1) is 21.5. The van der Waals surface area contributed by atoms with Crippen molar-refractivity contribution in [2.75, 3.05) is 13.1 Å². The van der Waals surface area contributed by atoms with Gasteiger partial charge in [0.25, 0.3) is 11.8 Å². The lowest BCUT2D eigenvalue weighted by Crippen LogP contribution is -2.56. The van der Waals surface area contributed by atoms with Crippen molar-refractivity contribution in [1.29, 1.82) is 0 Å². The molecule has 1 aromatic carbocycles. The highest BCUT2D eigenvalue weighted by Gasteiger charge is 2.39. The average Bonchev–Trinajstić information content (AvgIpc) is 3.58. The zero-order valence-electron chi connectivity index (χ0n) is 18.1. The van der Waals surface area contributed by atoms with E-state index in [9.17, 15) is 14.4 Å². The monoisotopic (exact) mass is 463 g/mol. The van der Waals surface area contributed by atoms with Gasteiger partial charge in [0.1, 0.15) is 6.04 Å². The molecule has 3 aromatic rings. The summed E-state index contributed by atoms with van der Waals surface area (Å²) in [6, 6.07) is 12.5. The third-order valence-electron chi connectivity index (χ3n) is 6.45. The molecular formula is C25H25N3O4S. The van der Waals surface area contributed by atoms with Crippen molar-refractivity contribution in [3.8, 4) is 0 Å². The van der Waals surface area contributed by atoms with Gasteiger partial charge in [0.15, 0.2) is 5.76 Å². The van der Waals surface area contributed by atoms with Crippen molar-refractivity contribution in [3.63, 3.8) is 0 Å². The summed E-state index contributed by atoms with van der Waals surface area (Å²) < 4.78 is 5.34. The first-order chi connectivity index (χ1) is 16.1. The number of fused-ring (bicyclic) bond motifs is 1. The number of hydrogen-bond donors (Lipinski definition) is 1. The Hall–Kier alpha value is -3.39. The van der Waals surface area contributed by atoms with Crippen molar-refractivity contribution in [2.24, 2.45) is 0 Å². The largest absolute Gasteiger partial charge is 0.459 e. The molecule has 0 spiro atoms. The van der Waals surface area contributed by atoms with Crippen LogP contribution in [0, 0.1) is 0 Å². The number of carbonyl (C=O) groups excluding carboxylic acids is 3. The first-order valence-electron chi connectivity index (χ1n) is 11.1.